The second-order valence-corrected chi connectivity index (χ2v) is 5.32. The summed E-state index contributed by atoms with van der Waals surface area (Å²) in [5, 5.41) is 15.2. The van der Waals surface area contributed by atoms with E-state index in [9.17, 15) is 9.59 Å². The van der Waals surface area contributed by atoms with E-state index < -0.39 is 5.97 Å². The van der Waals surface area contributed by atoms with E-state index in [4.69, 9.17) is 14.4 Å². The Morgan fingerprint density at radius 3 is 2.79 bits per heavy atom. The average molecular weight is 333 g/mol. The molecule has 24 heavy (non-hydrogen) atoms. The number of aromatic nitrogens is 2. The number of benzene rings is 1. The van der Waals surface area contributed by atoms with E-state index in [2.05, 4.69) is 15.5 Å². The van der Waals surface area contributed by atoms with E-state index in [1.165, 1.54) is 0 Å². The lowest BCUT2D eigenvalue weighted by atomic mass is 10.1. The van der Waals surface area contributed by atoms with E-state index in [-0.39, 0.29) is 25.0 Å². The summed E-state index contributed by atoms with van der Waals surface area (Å²) >= 11 is 0. The highest BCUT2D eigenvalue weighted by atomic mass is 16.5. The fourth-order valence-electron chi connectivity index (χ4n) is 2.04. The van der Waals surface area contributed by atoms with Gasteiger partial charge in [-0.1, -0.05) is 17.3 Å². The molecule has 1 amide bonds. The number of carbonyl (C=O) groups excluding carboxylic acids is 1. The molecule has 1 aromatic carbocycles. The van der Waals surface area contributed by atoms with Crippen LogP contribution in [-0.2, 0) is 11.4 Å². The minimum Gasteiger partial charge on any atom is -0.485 e. The van der Waals surface area contributed by atoms with E-state index in [0.29, 0.717) is 29.4 Å². The Kier molecular flexibility index (Phi) is 5.89. The van der Waals surface area contributed by atoms with E-state index in [1.807, 2.05) is 0 Å². The molecule has 0 aliphatic heterocycles. The van der Waals surface area contributed by atoms with Crippen LogP contribution in [0.1, 0.15) is 41.8 Å². The molecule has 0 bridgehead atoms. The third-order valence-corrected chi connectivity index (χ3v) is 3.23. The monoisotopic (exact) mass is 333 g/mol. The number of hydrogen-bond acceptors (Lipinski definition) is 6. The lowest BCUT2D eigenvalue weighted by Gasteiger charge is -2.15. The first kappa shape index (κ1) is 17.5. The van der Waals surface area contributed by atoms with Crippen LogP contribution < -0.4 is 10.1 Å². The number of aliphatic carboxylic acids is 1. The molecule has 128 valence electrons. The highest BCUT2D eigenvalue weighted by molar-refractivity contribution is 5.97. The molecular formula is C16H19N3O5. The maximum absolute atomic E-state index is 12.3. The van der Waals surface area contributed by atoms with Crippen molar-refractivity contribution >= 4 is 11.9 Å². The van der Waals surface area contributed by atoms with Gasteiger partial charge in [0.1, 0.15) is 5.75 Å². The first-order valence-corrected chi connectivity index (χ1v) is 7.49. The van der Waals surface area contributed by atoms with Crippen LogP contribution in [0.15, 0.2) is 28.8 Å². The summed E-state index contributed by atoms with van der Waals surface area (Å²) in [5.74, 6) is -0.00433. The van der Waals surface area contributed by atoms with Crippen LogP contribution in [0.4, 0.5) is 0 Å². The van der Waals surface area contributed by atoms with Crippen molar-refractivity contribution in [2.75, 3.05) is 0 Å². The van der Waals surface area contributed by atoms with E-state index in [1.54, 1.807) is 38.1 Å². The van der Waals surface area contributed by atoms with E-state index >= 15 is 0 Å². The number of carbonyl (C=O) groups is 2. The number of carboxylic acid groups (broad SMARTS) is 1. The second-order valence-electron chi connectivity index (χ2n) is 5.32. The Labute approximate surface area is 138 Å². The van der Waals surface area contributed by atoms with Crippen LogP contribution in [-0.4, -0.2) is 33.2 Å². The van der Waals surface area contributed by atoms with Crippen molar-refractivity contribution < 1.29 is 24.0 Å². The van der Waals surface area contributed by atoms with Gasteiger partial charge in [-0.25, -0.2) is 0 Å². The quantitative estimate of drug-likeness (QED) is 0.758. The molecular weight excluding hydrogens is 314 g/mol. The molecule has 1 unspecified atom stereocenters. The Morgan fingerprint density at radius 1 is 1.38 bits per heavy atom. The van der Waals surface area contributed by atoms with Gasteiger partial charge in [-0.2, -0.15) is 4.98 Å². The topological polar surface area (TPSA) is 115 Å². The molecule has 2 N–H and O–H groups in total. The molecule has 1 atom stereocenters. The fraction of sp³-hybridized carbons (Fsp3) is 0.375. The molecule has 0 aliphatic carbocycles. The zero-order valence-corrected chi connectivity index (χ0v) is 13.5. The highest BCUT2D eigenvalue weighted by Gasteiger charge is 2.16. The normalized spacial score (nSPS) is 11.8. The minimum atomic E-state index is -0.893. The van der Waals surface area contributed by atoms with Crippen LogP contribution >= 0.6 is 0 Å². The predicted octanol–water partition coefficient (Wildman–Crippen LogP) is 1.94. The molecule has 2 aromatic rings. The molecule has 1 aromatic heterocycles. The molecule has 0 spiro atoms. The largest absolute Gasteiger partial charge is 0.485 e. The summed E-state index contributed by atoms with van der Waals surface area (Å²) in [7, 11) is 0. The van der Waals surface area contributed by atoms with Crippen molar-refractivity contribution in [3.63, 3.8) is 0 Å². The molecule has 1 heterocycles. The summed E-state index contributed by atoms with van der Waals surface area (Å²) in [6.07, 6.45) is 0.350. The van der Waals surface area contributed by atoms with Gasteiger partial charge in [0.25, 0.3) is 5.91 Å². The summed E-state index contributed by atoms with van der Waals surface area (Å²) in [5.41, 5.74) is 0.361. The minimum absolute atomic E-state index is 0.00320. The van der Waals surface area contributed by atoms with Crippen LogP contribution in [0.2, 0.25) is 0 Å². The maximum atomic E-state index is 12.3. The van der Waals surface area contributed by atoms with Gasteiger partial charge in [0.2, 0.25) is 11.7 Å². The van der Waals surface area contributed by atoms with Crippen LogP contribution in [0, 0.1) is 6.92 Å². The Hall–Kier alpha value is -2.90. The second kappa shape index (κ2) is 8.09. The third kappa shape index (κ3) is 5.08. The molecule has 0 saturated carbocycles. The number of carboxylic acids is 1. The summed E-state index contributed by atoms with van der Waals surface area (Å²) in [6, 6.07) is 6.52. The van der Waals surface area contributed by atoms with Crippen LogP contribution in [0.25, 0.3) is 0 Å². The summed E-state index contributed by atoms with van der Waals surface area (Å²) in [6.45, 7) is 3.51. The van der Waals surface area contributed by atoms with Gasteiger partial charge in [0.05, 0.1) is 5.56 Å². The maximum Gasteiger partial charge on any atom is 0.303 e. The van der Waals surface area contributed by atoms with Gasteiger partial charge in [0.15, 0.2) is 6.61 Å². The van der Waals surface area contributed by atoms with Crippen molar-refractivity contribution in [1.82, 2.24) is 15.5 Å². The van der Waals surface area contributed by atoms with Gasteiger partial charge in [0, 0.05) is 19.4 Å². The van der Waals surface area contributed by atoms with Crippen molar-refractivity contribution in [2.45, 2.75) is 39.3 Å². The number of aryl methyl sites for hydroxylation is 1. The molecule has 0 radical (unpaired) electrons. The van der Waals surface area contributed by atoms with Gasteiger partial charge in [-0.3, -0.25) is 9.59 Å². The van der Waals surface area contributed by atoms with Crippen molar-refractivity contribution in [3.8, 4) is 5.75 Å². The van der Waals surface area contributed by atoms with Crippen molar-refractivity contribution in [2.24, 2.45) is 0 Å². The standard InChI is InChI=1S/C16H19N3O5/c1-10(7-8-15(20)21)17-16(22)12-5-3-4-6-13(12)23-9-14-18-11(2)24-19-14/h3-6,10H,7-9H2,1-2H3,(H,17,22)(H,20,21). The van der Waals surface area contributed by atoms with Crippen LogP contribution in [0.3, 0.4) is 0 Å². The molecule has 8 heteroatoms. The highest BCUT2D eigenvalue weighted by Crippen LogP contribution is 2.19. The number of nitrogens with one attached hydrogen (secondary N) is 1. The molecule has 8 nitrogen and oxygen atoms in total. The zero-order chi connectivity index (χ0) is 17.5. The van der Waals surface area contributed by atoms with Crippen molar-refractivity contribution in [3.05, 3.63) is 41.5 Å². The van der Waals surface area contributed by atoms with Gasteiger partial charge >= 0.3 is 5.97 Å². The Balaban J connectivity index is 1.99. The summed E-state index contributed by atoms with van der Waals surface area (Å²) in [4.78, 5) is 27.0. The molecule has 0 fully saturated rings. The van der Waals surface area contributed by atoms with Crippen LogP contribution in [0.5, 0.6) is 5.75 Å². The predicted molar refractivity (Wildman–Crippen MR) is 83.6 cm³/mol. The zero-order valence-electron chi connectivity index (χ0n) is 13.5. The van der Waals surface area contributed by atoms with E-state index in [0.717, 1.165) is 0 Å². The first-order valence-electron chi connectivity index (χ1n) is 7.49. The number of rotatable bonds is 8. The van der Waals surface area contributed by atoms with Gasteiger partial charge in [-0.15, -0.1) is 0 Å². The molecule has 0 aliphatic rings. The Bertz CT molecular complexity index is 713. The first-order chi connectivity index (χ1) is 11.5. The van der Waals surface area contributed by atoms with Gasteiger partial charge in [-0.05, 0) is 25.5 Å². The lowest BCUT2D eigenvalue weighted by Crippen LogP contribution is -2.33. The van der Waals surface area contributed by atoms with Gasteiger partial charge < -0.3 is 19.7 Å². The number of hydrogen-bond donors (Lipinski definition) is 2. The average Bonchev–Trinajstić information content (AvgIpc) is 2.96. The fourth-order valence-corrected chi connectivity index (χ4v) is 2.04. The molecule has 2 rings (SSSR count). The van der Waals surface area contributed by atoms with Crippen molar-refractivity contribution in [1.29, 1.82) is 0 Å². The number of ether oxygens (including phenoxy) is 1. The summed E-state index contributed by atoms with van der Waals surface area (Å²) < 4.78 is 10.5. The smallest absolute Gasteiger partial charge is 0.303 e. The SMILES string of the molecule is Cc1nc(COc2ccccc2C(=O)NC(C)CCC(=O)O)no1. The third-order valence-electron chi connectivity index (χ3n) is 3.23. The number of amides is 1. The lowest BCUT2D eigenvalue weighted by molar-refractivity contribution is -0.137. The number of para-hydroxylation sites is 1. The number of nitrogens with zero attached hydrogens (tertiary/aromatic N) is 2. The Morgan fingerprint density at radius 2 is 2.12 bits per heavy atom. The molecule has 0 saturated heterocycles.